The van der Waals surface area contributed by atoms with Gasteiger partial charge in [-0.1, -0.05) is 31.5 Å². The first kappa shape index (κ1) is 16.8. The molecule has 5 heteroatoms. The zero-order valence-electron chi connectivity index (χ0n) is 12.5. The van der Waals surface area contributed by atoms with E-state index in [9.17, 15) is 4.79 Å². The van der Waals surface area contributed by atoms with Gasteiger partial charge in [-0.2, -0.15) is 0 Å². The summed E-state index contributed by atoms with van der Waals surface area (Å²) < 4.78 is 5.58. The number of carbonyl (C=O) groups excluding carboxylic acids is 1. The predicted molar refractivity (Wildman–Crippen MR) is 82.2 cm³/mol. The molecule has 0 aromatic heterocycles. The number of nitrogens with one attached hydrogen (secondary N) is 2. The lowest BCUT2D eigenvalue weighted by atomic mass is 10.2. The molecule has 0 radical (unpaired) electrons. The van der Waals surface area contributed by atoms with Crippen molar-refractivity contribution in [3.63, 3.8) is 0 Å². The lowest BCUT2D eigenvalue weighted by Gasteiger charge is -2.16. The summed E-state index contributed by atoms with van der Waals surface area (Å²) in [5.41, 5.74) is 1.08. The van der Waals surface area contributed by atoms with Gasteiger partial charge in [0.15, 0.2) is 6.10 Å². The van der Waals surface area contributed by atoms with Crippen molar-refractivity contribution in [1.82, 2.24) is 10.6 Å². The summed E-state index contributed by atoms with van der Waals surface area (Å²) in [7, 11) is 0. The molecule has 0 saturated carbocycles. The smallest absolute Gasteiger partial charge is 0.260 e. The topological polar surface area (TPSA) is 50.4 Å². The van der Waals surface area contributed by atoms with Gasteiger partial charge in [0.2, 0.25) is 0 Å². The first-order valence-electron chi connectivity index (χ1n) is 6.90. The van der Waals surface area contributed by atoms with Crippen molar-refractivity contribution in [3.05, 3.63) is 28.8 Å². The number of ether oxygens (including phenoxy) is 1. The molecule has 0 fully saturated rings. The van der Waals surface area contributed by atoms with Crippen LogP contribution in [0.15, 0.2) is 18.2 Å². The Kier molecular flexibility index (Phi) is 6.82. The van der Waals surface area contributed by atoms with Gasteiger partial charge in [0.05, 0.1) is 5.02 Å². The highest BCUT2D eigenvalue weighted by atomic mass is 35.5. The van der Waals surface area contributed by atoms with Gasteiger partial charge in [-0.05, 0) is 31.5 Å². The van der Waals surface area contributed by atoms with Crippen LogP contribution < -0.4 is 15.4 Å². The van der Waals surface area contributed by atoms with Gasteiger partial charge in [-0.25, -0.2) is 0 Å². The van der Waals surface area contributed by atoms with Crippen LogP contribution in [-0.4, -0.2) is 24.6 Å². The monoisotopic (exact) mass is 298 g/mol. The van der Waals surface area contributed by atoms with Crippen molar-refractivity contribution in [2.75, 3.05) is 6.54 Å². The summed E-state index contributed by atoms with van der Waals surface area (Å²) in [5, 5.41) is 6.55. The molecule has 20 heavy (non-hydrogen) atoms. The van der Waals surface area contributed by atoms with Crippen molar-refractivity contribution in [1.29, 1.82) is 0 Å². The minimum Gasteiger partial charge on any atom is -0.479 e. The second-order valence-corrected chi connectivity index (χ2v) is 5.36. The Bertz CT molecular complexity index is 449. The van der Waals surface area contributed by atoms with E-state index in [2.05, 4.69) is 24.5 Å². The molecule has 0 bridgehead atoms. The minimum absolute atomic E-state index is 0.144. The van der Waals surface area contributed by atoms with Crippen LogP contribution in [0.3, 0.4) is 0 Å². The molecule has 0 heterocycles. The third-order valence-corrected chi connectivity index (χ3v) is 3.03. The quantitative estimate of drug-likeness (QED) is 0.814. The van der Waals surface area contributed by atoms with Gasteiger partial charge in [0.1, 0.15) is 5.75 Å². The van der Waals surface area contributed by atoms with E-state index in [-0.39, 0.29) is 5.91 Å². The number of halogens is 1. The number of carbonyl (C=O) groups is 1. The Morgan fingerprint density at radius 3 is 2.60 bits per heavy atom. The number of rotatable bonds is 7. The molecule has 1 aromatic carbocycles. The molecule has 0 spiro atoms. The average molecular weight is 299 g/mol. The third kappa shape index (κ3) is 5.39. The molecule has 0 aliphatic heterocycles. The van der Waals surface area contributed by atoms with Gasteiger partial charge in [-0.15, -0.1) is 0 Å². The molecule has 1 unspecified atom stereocenters. The van der Waals surface area contributed by atoms with Crippen molar-refractivity contribution >= 4 is 17.5 Å². The van der Waals surface area contributed by atoms with Gasteiger partial charge < -0.3 is 15.4 Å². The molecule has 1 amide bonds. The number of hydrogen-bond acceptors (Lipinski definition) is 3. The first-order chi connectivity index (χ1) is 9.43. The number of hydrogen-bond donors (Lipinski definition) is 2. The zero-order valence-corrected chi connectivity index (χ0v) is 13.3. The maximum atomic E-state index is 11.6. The highest BCUT2D eigenvalue weighted by Gasteiger charge is 2.15. The average Bonchev–Trinajstić information content (AvgIpc) is 2.39. The maximum absolute atomic E-state index is 11.6. The Morgan fingerprint density at radius 1 is 1.35 bits per heavy atom. The standard InChI is InChI=1S/C15H23ClN2O2/c1-5-17-15(19)11(4)20-14-7-6-12(8-13(14)16)9-18-10(2)3/h6-8,10-11,18H,5,9H2,1-4H3,(H,17,19). The largest absolute Gasteiger partial charge is 0.479 e. The second kappa shape index (κ2) is 8.12. The van der Waals surface area contributed by atoms with E-state index in [0.29, 0.717) is 23.4 Å². The summed E-state index contributed by atoms with van der Waals surface area (Å²) in [6.45, 7) is 9.09. The van der Waals surface area contributed by atoms with E-state index in [0.717, 1.165) is 12.1 Å². The fourth-order valence-corrected chi connectivity index (χ4v) is 1.88. The lowest BCUT2D eigenvalue weighted by molar-refractivity contribution is -0.127. The second-order valence-electron chi connectivity index (χ2n) is 4.96. The van der Waals surface area contributed by atoms with Crippen molar-refractivity contribution in [2.24, 2.45) is 0 Å². The molecule has 1 atom stereocenters. The molecule has 2 N–H and O–H groups in total. The van der Waals surface area contributed by atoms with Gasteiger partial charge >= 0.3 is 0 Å². The van der Waals surface area contributed by atoms with E-state index < -0.39 is 6.10 Å². The first-order valence-corrected chi connectivity index (χ1v) is 7.28. The molecule has 0 aliphatic carbocycles. The minimum atomic E-state index is -0.563. The van der Waals surface area contributed by atoms with E-state index in [4.69, 9.17) is 16.3 Å². The predicted octanol–water partition coefficient (Wildman–Crippen LogP) is 2.74. The summed E-state index contributed by atoms with van der Waals surface area (Å²) in [6, 6.07) is 6.02. The van der Waals surface area contributed by atoms with Crippen LogP contribution in [0.4, 0.5) is 0 Å². The van der Waals surface area contributed by atoms with Crippen LogP contribution in [0.5, 0.6) is 5.75 Å². The summed E-state index contributed by atoms with van der Waals surface area (Å²) in [4.78, 5) is 11.6. The van der Waals surface area contributed by atoms with Crippen LogP contribution in [0.2, 0.25) is 5.02 Å². The zero-order chi connectivity index (χ0) is 15.1. The molecule has 112 valence electrons. The summed E-state index contributed by atoms with van der Waals surface area (Å²) in [5.74, 6) is 0.382. The van der Waals surface area contributed by atoms with Crippen LogP contribution >= 0.6 is 11.6 Å². The van der Waals surface area contributed by atoms with Gasteiger partial charge in [0, 0.05) is 19.1 Å². The van der Waals surface area contributed by atoms with Gasteiger partial charge in [-0.3, -0.25) is 4.79 Å². The van der Waals surface area contributed by atoms with E-state index in [1.807, 2.05) is 19.1 Å². The number of benzene rings is 1. The SMILES string of the molecule is CCNC(=O)C(C)Oc1ccc(CNC(C)C)cc1Cl. The molecular formula is C15H23ClN2O2. The fourth-order valence-electron chi connectivity index (χ4n) is 1.63. The van der Waals surface area contributed by atoms with Crippen LogP contribution in [0, 0.1) is 0 Å². The molecule has 4 nitrogen and oxygen atoms in total. The van der Waals surface area contributed by atoms with Crippen LogP contribution in [-0.2, 0) is 11.3 Å². The van der Waals surface area contributed by atoms with E-state index in [1.165, 1.54) is 0 Å². The normalized spacial score (nSPS) is 12.3. The molecular weight excluding hydrogens is 276 g/mol. The molecule has 0 aliphatic rings. The van der Waals surface area contributed by atoms with Gasteiger partial charge in [0.25, 0.3) is 5.91 Å². The maximum Gasteiger partial charge on any atom is 0.260 e. The number of likely N-dealkylation sites (N-methyl/N-ethyl adjacent to an activating group) is 1. The Morgan fingerprint density at radius 2 is 2.05 bits per heavy atom. The van der Waals surface area contributed by atoms with E-state index in [1.54, 1.807) is 13.0 Å². The fraction of sp³-hybridized carbons (Fsp3) is 0.533. The summed E-state index contributed by atoms with van der Waals surface area (Å²) >= 11 is 6.19. The Labute approximate surface area is 125 Å². The Balaban J connectivity index is 2.66. The molecule has 1 rings (SSSR count). The third-order valence-electron chi connectivity index (χ3n) is 2.73. The van der Waals surface area contributed by atoms with Crippen molar-refractivity contribution in [2.45, 2.75) is 46.4 Å². The lowest BCUT2D eigenvalue weighted by Crippen LogP contribution is -2.36. The molecule has 0 saturated heterocycles. The van der Waals surface area contributed by atoms with Crippen LogP contribution in [0.1, 0.15) is 33.3 Å². The van der Waals surface area contributed by atoms with Crippen molar-refractivity contribution in [3.8, 4) is 5.75 Å². The van der Waals surface area contributed by atoms with E-state index >= 15 is 0 Å². The van der Waals surface area contributed by atoms with Crippen molar-refractivity contribution < 1.29 is 9.53 Å². The highest BCUT2D eigenvalue weighted by molar-refractivity contribution is 6.32. The number of amides is 1. The molecule has 1 aromatic rings. The summed E-state index contributed by atoms with van der Waals surface area (Å²) in [6.07, 6.45) is -0.563. The Hall–Kier alpha value is -1.26. The highest BCUT2D eigenvalue weighted by Crippen LogP contribution is 2.26. The van der Waals surface area contributed by atoms with Crippen LogP contribution in [0.25, 0.3) is 0 Å².